The number of hydrogen-bond acceptors (Lipinski definition) is 5. The molecule has 0 spiro atoms. The average molecular weight is 418 g/mol. The van der Waals surface area contributed by atoms with Crippen molar-refractivity contribution in [1.29, 1.82) is 0 Å². The number of carbonyl (C=O) groups excluding carboxylic acids is 3. The van der Waals surface area contributed by atoms with E-state index in [9.17, 15) is 14.4 Å². The van der Waals surface area contributed by atoms with Crippen LogP contribution in [0, 0.1) is 0 Å². The van der Waals surface area contributed by atoms with E-state index in [4.69, 9.17) is 4.74 Å². The molecule has 2 aromatic rings. The fraction of sp³-hybridized carbons (Fsp3) is 0.222. The Balaban J connectivity index is 1.81. The lowest BCUT2D eigenvalue weighted by atomic mass is 10.1. The van der Waals surface area contributed by atoms with Gasteiger partial charge in [-0.05, 0) is 46.3 Å². The van der Waals surface area contributed by atoms with E-state index in [0.29, 0.717) is 29.2 Å². The number of ether oxygens (including phenoxy) is 1. The summed E-state index contributed by atoms with van der Waals surface area (Å²) in [6.07, 6.45) is 1.91. The number of nitrogens with zero attached hydrogens (tertiary/aromatic N) is 2. The van der Waals surface area contributed by atoms with Crippen LogP contribution in [0.5, 0.6) is 5.75 Å². The van der Waals surface area contributed by atoms with Gasteiger partial charge in [0.15, 0.2) is 12.4 Å². The second-order valence-corrected chi connectivity index (χ2v) is 6.55. The second kappa shape index (κ2) is 7.65. The van der Waals surface area contributed by atoms with Gasteiger partial charge in [0.25, 0.3) is 5.91 Å². The van der Waals surface area contributed by atoms with Crippen LogP contribution in [0.2, 0.25) is 0 Å². The molecule has 0 radical (unpaired) electrons. The molecule has 26 heavy (non-hydrogen) atoms. The van der Waals surface area contributed by atoms with Crippen molar-refractivity contribution in [3.8, 4) is 5.75 Å². The molecule has 2 heterocycles. The average Bonchev–Trinajstić information content (AvgIpc) is 2.65. The number of rotatable bonds is 5. The molecule has 0 atom stereocenters. The van der Waals surface area contributed by atoms with E-state index in [1.165, 1.54) is 4.90 Å². The van der Waals surface area contributed by atoms with Crippen molar-refractivity contribution in [2.45, 2.75) is 13.3 Å². The number of hydrogen-bond donors (Lipinski definition) is 1. The first-order chi connectivity index (χ1) is 12.5. The van der Waals surface area contributed by atoms with E-state index in [1.54, 1.807) is 43.5 Å². The van der Waals surface area contributed by atoms with Crippen molar-refractivity contribution >= 4 is 45.0 Å². The molecule has 2 amide bonds. The number of aromatic nitrogens is 1. The Morgan fingerprint density at radius 3 is 2.81 bits per heavy atom. The highest BCUT2D eigenvalue weighted by molar-refractivity contribution is 9.10. The number of pyridine rings is 1. The van der Waals surface area contributed by atoms with E-state index >= 15 is 0 Å². The minimum Gasteiger partial charge on any atom is -0.482 e. The third kappa shape index (κ3) is 3.91. The number of ketones is 1. The van der Waals surface area contributed by atoms with Crippen LogP contribution in [0.4, 0.5) is 11.5 Å². The Labute approximate surface area is 158 Å². The van der Waals surface area contributed by atoms with E-state index < -0.39 is 5.91 Å². The van der Waals surface area contributed by atoms with Crippen molar-refractivity contribution in [3.63, 3.8) is 0 Å². The van der Waals surface area contributed by atoms with Crippen LogP contribution >= 0.6 is 15.9 Å². The maximum absolute atomic E-state index is 12.3. The molecule has 0 fully saturated rings. The predicted octanol–water partition coefficient (Wildman–Crippen LogP) is 2.80. The van der Waals surface area contributed by atoms with Crippen molar-refractivity contribution in [3.05, 3.63) is 46.6 Å². The smallest absolute Gasteiger partial charge is 0.265 e. The number of carbonyl (C=O) groups is 3. The van der Waals surface area contributed by atoms with Crippen LogP contribution in [-0.4, -0.2) is 35.7 Å². The SMILES string of the molecule is CCC(=O)c1ccc2c(c1)N(CC(=O)Nc1ccc(Br)cn1)C(=O)CO2. The number of Topliss-reactive ketones (excluding diaryl/α,β-unsaturated/α-hetero) is 1. The maximum Gasteiger partial charge on any atom is 0.265 e. The zero-order valence-electron chi connectivity index (χ0n) is 14.0. The van der Waals surface area contributed by atoms with Gasteiger partial charge in [-0.15, -0.1) is 0 Å². The number of anilines is 2. The molecule has 1 aliphatic rings. The molecule has 0 saturated carbocycles. The van der Waals surface area contributed by atoms with Crippen LogP contribution in [0.15, 0.2) is 41.0 Å². The topological polar surface area (TPSA) is 88.6 Å². The van der Waals surface area contributed by atoms with Gasteiger partial charge < -0.3 is 10.1 Å². The summed E-state index contributed by atoms with van der Waals surface area (Å²) in [7, 11) is 0. The number of amides is 2. The normalized spacial score (nSPS) is 13.0. The van der Waals surface area contributed by atoms with E-state index in [1.807, 2.05) is 0 Å². The fourth-order valence-corrected chi connectivity index (χ4v) is 2.76. The van der Waals surface area contributed by atoms with E-state index in [2.05, 4.69) is 26.2 Å². The summed E-state index contributed by atoms with van der Waals surface area (Å²) < 4.78 is 6.19. The van der Waals surface area contributed by atoms with Gasteiger partial charge in [-0.25, -0.2) is 4.98 Å². The number of fused-ring (bicyclic) bond motifs is 1. The van der Waals surface area contributed by atoms with Crippen LogP contribution in [0.25, 0.3) is 0 Å². The lowest BCUT2D eigenvalue weighted by Crippen LogP contribution is -2.43. The Morgan fingerprint density at radius 1 is 1.31 bits per heavy atom. The fourth-order valence-electron chi connectivity index (χ4n) is 2.53. The first kappa shape index (κ1) is 18.1. The zero-order chi connectivity index (χ0) is 18.7. The summed E-state index contributed by atoms with van der Waals surface area (Å²) in [5, 5.41) is 2.64. The molecule has 0 bridgehead atoms. The highest BCUT2D eigenvalue weighted by Crippen LogP contribution is 2.33. The van der Waals surface area contributed by atoms with Gasteiger partial charge in [0.2, 0.25) is 5.91 Å². The Kier molecular flexibility index (Phi) is 5.32. The molecule has 7 nitrogen and oxygen atoms in total. The Bertz CT molecular complexity index is 867. The molecule has 134 valence electrons. The summed E-state index contributed by atoms with van der Waals surface area (Å²) in [4.78, 5) is 41.9. The van der Waals surface area contributed by atoms with Gasteiger partial charge >= 0.3 is 0 Å². The van der Waals surface area contributed by atoms with Crippen molar-refractivity contribution in [1.82, 2.24) is 4.98 Å². The minimum absolute atomic E-state index is 0.0470. The molecular weight excluding hydrogens is 402 g/mol. The van der Waals surface area contributed by atoms with Crippen LogP contribution in [-0.2, 0) is 9.59 Å². The molecule has 8 heteroatoms. The molecule has 1 aromatic carbocycles. The second-order valence-electron chi connectivity index (χ2n) is 5.64. The van der Waals surface area contributed by atoms with Gasteiger partial charge in [0, 0.05) is 22.7 Å². The minimum atomic E-state index is -0.395. The largest absolute Gasteiger partial charge is 0.482 e. The molecular formula is C18H16BrN3O4. The van der Waals surface area contributed by atoms with Crippen molar-refractivity contribution in [2.75, 3.05) is 23.4 Å². The van der Waals surface area contributed by atoms with E-state index in [-0.39, 0.29) is 24.8 Å². The molecule has 3 rings (SSSR count). The number of halogens is 1. The standard InChI is InChI=1S/C18H16BrN3O4/c1-2-14(23)11-3-5-15-13(7-11)22(18(25)10-26-15)9-17(24)21-16-6-4-12(19)8-20-16/h3-8H,2,9-10H2,1H3,(H,20,21,24). The van der Waals surface area contributed by atoms with Gasteiger partial charge in [-0.2, -0.15) is 0 Å². The molecule has 1 N–H and O–H groups in total. The number of benzene rings is 1. The summed E-state index contributed by atoms with van der Waals surface area (Å²) >= 11 is 3.27. The molecule has 0 unspecified atom stereocenters. The summed E-state index contributed by atoms with van der Waals surface area (Å²) in [5.41, 5.74) is 0.893. The molecule has 1 aliphatic heterocycles. The third-order valence-corrected chi connectivity index (χ3v) is 4.31. The van der Waals surface area contributed by atoms with Crippen molar-refractivity contribution in [2.24, 2.45) is 0 Å². The number of nitrogens with one attached hydrogen (secondary N) is 1. The third-order valence-electron chi connectivity index (χ3n) is 3.84. The lowest BCUT2D eigenvalue weighted by molar-refractivity contribution is -0.123. The molecule has 1 aromatic heterocycles. The first-order valence-corrected chi connectivity index (χ1v) is 8.79. The maximum atomic E-state index is 12.3. The van der Waals surface area contributed by atoms with Crippen LogP contribution in [0.3, 0.4) is 0 Å². The van der Waals surface area contributed by atoms with Gasteiger partial charge in [0.05, 0.1) is 5.69 Å². The Morgan fingerprint density at radius 2 is 2.12 bits per heavy atom. The predicted molar refractivity (Wildman–Crippen MR) is 99.5 cm³/mol. The molecule has 0 saturated heterocycles. The highest BCUT2D eigenvalue weighted by Gasteiger charge is 2.28. The Hall–Kier alpha value is -2.74. The molecule has 0 aliphatic carbocycles. The quantitative estimate of drug-likeness (QED) is 0.755. The van der Waals surface area contributed by atoms with Crippen LogP contribution < -0.4 is 15.0 Å². The zero-order valence-corrected chi connectivity index (χ0v) is 15.6. The first-order valence-electron chi connectivity index (χ1n) is 7.99. The van der Waals surface area contributed by atoms with Crippen molar-refractivity contribution < 1.29 is 19.1 Å². The van der Waals surface area contributed by atoms with E-state index in [0.717, 1.165) is 4.47 Å². The van der Waals surface area contributed by atoms with Crippen LogP contribution in [0.1, 0.15) is 23.7 Å². The lowest BCUT2D eigenvalue weighted by Gasteiger charge is -2.29. The van der Waals surface area contributed by atoms with Gasteiger partial charge in [0.1, 0.15) is 18.1 Å². The van der Waals surface area contributed by atoms with Gasteiger partial charge in [-0.1, -0.05) is 6.92 Å². The van der Waals surface area contributed by atoms with Gasteiger partial charge in [-0.3, -0.25) is 19.3 Å². The summed E-state index contributed by atoms with van der Waals surface area (Å²) in [5.74, 6) is 0.0564. The summed E-state index contributed by atoms with van der Waals surface area (Å²) in [6, 6.07) is 8.29. The monoisotopic (exact) mass is 417 g/mol. The highest BCUT2D eigenvalue weighted by atomic mass is 79.9. The summed E-state index contributed by atoms with van der Waals surface area (Å²) in [6.45, 7) is 1.41.